The second-order valence-corrected chi connectivity index (χ2v) is 12.3. The molecule has 2 atom stereocenters. The summed E-state index contributed by atoms with van der Waals surface area (Å²) < 4.78 is 65.8. The number of aromatic nitrogens is 3. The highest BCUT2D eigenvalue weighted by atomic mass is 32.2. The van der Waals surface area contributed by atoms with E-state index < -0.39 is 38.9 Å². The summed E-state index contributed by atoms with van der Waals surface area (Å²) in [6.07, 6.45) is 4.17. The second-order valence-electron chi connectivity index (χ2n) is 9.41. The minimum Gasteiger partial charge on any atom is -0.384 e. The molecule has 0 radical (unpaired) electrons. The molecule has 3 heterocycles. The molecular weight excluding hydrogens is 517 g/mol. The van der Waals surface area contributed by atoms with Gasteiger partial charge in [-0.15, -0.1) is 11.3 Å². The van der Waals surface area contributed by atoms with E-state index in [1.54, 1.807) is 26.3 Å². The highest BCUT2D eigenvalue weighted by Crippen LogP contribution is 2.29. The molecule has 1 amide bonds. The van der Waals surface area contributed by atoms with Crippen LogP contribution in [0.2, 0.25) is 0 Å². The van der Waals surface area contributed by atoms with E-state index >= 15 is 0 Å². The quantitative estimate of drug-likeness (QED) is 0.364. The third-order valence-corrected chi connectivity index (χ3v) is 8.31. The van der Waals surface area contributed by atoms with Crippen LogP contribution in [0.4, 0.5) is 13.2 Å². The van der Waals surface area contributed by atoms with Crippen LogP contribution in [0.5, 0.6) is 0 Å². The highest BCUT2D eigenvalue weighted by Gasteiger charge is 2.44. The lowest BCUT2D eigenvalue weighted by Gasteiger charge is -2.35. The SMILES string of the molecule is CC(C)(O)c1csc(C[N+](C)(C(=O)Cn2cc(-c3cc(F)c(F)c(F)c3)cn2)[C@@H]2C=CS(=O)(=O)C2)n1. The Morgan fingerprint density at radius 2 is 1.92 bits per heavy atom. The van der Waals surface area contributed by atoms with Gasteiger partial charge in [0.25, 0.3) is 0 Å². The van der Waals surface area contributed by atoms with Crippen LogP contribution in [0.25, 0.3) is 11.1 Å². The van der Waals surface area contributed by atoms with Crippen molar-refractivity contribution in [2.24, 2.45) is 0 Å². The molecule has 1 N–H and O–H groups in total. The number of aliphatic hydroxyl groups is 1. The maximum absolute atomic E-state index is 13.6. The number of benzene rings is 1. The monoisotopic (exact) mass is 541 g/mol. The number of likely N-dealkylation sites (N-methyl/N-ethyl adjacent to an activating group) is 1. The molecule has 1 aromatic carbocycles. The molecule has 0 fully saturated rings. The fourth-order valence-corrected chi connectivity index (χ4v) is 6.40. The van der Waals surface area contributed by atoms with Crippen LogP contribution >= 0.6 is 11.3 Å². The third kappa shape index (κ3) is 5.28. The Hall–Kier alpha value is -2.87. The Bertz CT molecular complexity index is 1440. The van der Waals surface area contributed by atoms with Crippen molar-refractivity contribution < 1.29 is 36.0 Å². The van der Waals surface area contributed by atoms with Gasteiger partial charge >= 0.3 is 5.91 Å². The molecular formula is C23H24F3N4O4S2+. The van der Waals surface area contributed by atoms with Crippen molar-refractivity contribution in [3.63, 3.8) is 0 Å². The standard InChI is InChI=1S/C23H24F3N4O4S2/c1-23(2,32)19-12-35-20(28-19)11-30(3,16-4-5-36(33,34)13-16)21(31)10-29-9-15(8-27-29)14-6-17(24)22(26)18(25)7-14/h4-9,12,16,32H,10-11,13H2,1-3H3/q+1/t16-,30?/m1/s1. The van der Waals surface area contributed by atoms with Crippen LogP contribution in [0.15, 0.2) is 41.4 Å². The van der Waals surface area contributed by atoms with Crippen molar-refractivity contribution in [3.05, 3.63) is 69.5 Å². The molecule has 0 spiro atoms. The summed E-state index contributed by atoms with van der Waals surface area (Å²) in [6.45, 7) is 2.99. The van der Waals surface area contributed by atoms with E-state index in [9.17, 15) is 31.5 Å². The number of quaternary nitrogens is 1. The molecule has 192 valence electrons. The molecule has 2 aromatic heterocycles. The van der Waals surface area contributed by atoms with E-state index in [2.05, 4.69) is 10.1 Å². The van der Waals surface area contributed by atoms with Gasteiger partial charge in [0.05, 0.1) is 18.9 Å². The second kappa shape index (κ2) is 9.21. The smallest absolute Gasteiger partial charge is 0.335 e. The first-order chi connectivity index (χ1) is 16.7. The van der Waals surface area contributed by atoms with Crippen LogP contribution in [-0.4, -0.2) is 57.5 Å². The van der Waals surface area contributed by atoms with Gasteiger partial charge in [0, 0.05) is 22.5 Å². The molecule has 4 rings (SSSR count). The highest BCUT2D eigenvalue weighted by molar-refractivity contribution is 7.94. The van der Waals surface area contributed by atoms with Gasteiger partial charge < -0.3 is 5.11 Å². The number of hydrogen-bond donors (Lipinski definition) is 1. The van der Waals surface area contributed by atoms with Crippen molar-refractivity contribution in [3.8, 4) is 11.1 Å². The summed E-state index contributed by atoms with van der Waals surface area (Å²) in [6, 6.07) is 0.990. The van der Waals surface area contributed by atoms with Crippen molar-refractivity contribution >= 4 is 27.1 Å². The summed E-state index contributed by atoms with van der Waals surface area (Å²) in [4.78, 5) is 18.0. The molecule has 0 aliphatic carbocycles. The van der Waals surface area contributed by atoms with Gasteiger partial charge in [-0.1, -0.05) is 0 Å². The molecule has 1 aliphatic rings. The number of thiazole rings is 1. The molecule has 13 heteroatoms. The average Bonchev–Trinajstić information content (AvgIpc) is 3.51. The summed E-state index contributed by atoms with van der Waals surface area (Å²) >= 11 is 1.25. The number of carbonyl (C=O) groups excluding carboxylic acids is 1. The van der Waals surface area contributed by atoms with Gasteiger partial charge in [0.2, 0.25) is 0 Å². The summed E-state index contributed by atoms with van der Waals surface area (Å²) in [5, 5.41) is 17.6. The zero-order chi connectivity index (χ0) is 26.5. The Morgan fingerprint density at radius 1 is 1.25 bits per heavy atom. The average molecular weight is 542 g/mol. The summed E-state index contributed by atoms with van der Waals surface area (Å²) in [7, 11) is -1.86. The van der Waals surface area contributed by atoms with Crippen LogP contribution in [0.3, 0.4) is 0 Å². The Kier molecular flexibility index (Phi) is 6.71. The van der Waals surface area contributed by atoms with E-state index in [0.29, 0.717) is 10.7 Å². The molecule has 1 aliphatic heterocycles. The van der Waals surface area contributed by atoms with E-state index in [1.165, 1.54) is 34.5 Å². The fraction of sp³-hybridized carbons (Fsp3) is 0.348. The maximum atomic E-state index is 13.6. The normalized spacial score (nSPS) is 18.9. The predicted molar refractivity (Wildman–Crippen MR) is 127 cm³/mol. The van der Waals surface area contributed by atoms with Crippen LogP contribution in [0.1, 0.15) is 24.5 Å². The number of sulfone groups is 1. The predicted octanol–water partition coefficient (Wildman–Crippen LogP) is 3.14. The molecule has 1 unspecified atom stereocenters. The van der Waals surface area contributed by atoms with Gasteiger partial charge in [-0.05, 0) is 37.6 Å². The number of amides is 1. The number of rotatable bonds is 7. The number of halogens is 3. The van der Waals surface area contributed by atoms with Crippen molar-refractivity contribution in [1.82, 2.24) is 14.8 Å². The molecule has 8 nitrogen and oxygen atoms in total. The fourth-order valence-electron chi connectivity index (χ4n) is 3.87. The van der Waals surface area contributed by atoms with E-state index in [0.717, 1.165) is 17.5 Å². The van der Waals surface area contributed by atoms with Crippen LogP contribution < -0.4 is 0 Å². The minimum absolute atomic E-state index is 0.0501. The molecule has 0 saturated carbocycles. The first-order valence-electron chi connectivity index (χ1n) is 10.8. The van der Waals surface area contributed by atoms with Gasteiger partial charge in [0.1, 0.15) is 28.9 Å². The van der Waals surface area contributed by atoms with E-state index in [1.807, 2.05) is 0 Å². The first kappa shape index (κ1) is 26.2. The topological polar surface area (TPSA) is 102 Å². The van der Waals surface area contributed by atoms with Crippen molar-refractivity contribution in [2.75, 3.05) is 12.8 Å². The van der Waals surface area contributed by atoms with Gasteiger partial charge in [-0.3, -0.25) is 4.68 Å². The summed E-state index contributed by atoms with van der Waals surface area (Å²) in [5.41, 5.74) is -0.419. The van der Waals surface area contributed by atoms with Gasteiger partial charge in [-0.2, -0.15) is 5.10 Å². The van der Waals surface area contributed by atoms with E-state index in [4.69, 9.17) is 0 Å². The van der Waals surface area contributed by atoms with Gasteiger partial charge in [0.15, 0.2) is 33.8 Å². The maximum Gasteiger partial charge on any atom is 0.335 e. The lowest BCUT2D eigenvalue weighted by atomic mass is 10.1. The number of carbonyl (C=O) groups is 1. The Balaban J connectivity index is 1.62. The largest absolute Gasteiger partial charge is 0.384 e. The number of nitrogens with zero attached hydrogens (tertiary/aromatic N) is 4. The molecule has 0 saturated heterocycles. The van der Waals surface area contributed by atoms with Crippen LogP contribution in [0, 0.1) is 17.5 Å². The molecule has 0 bridgehead atoms. The molecule has 3 aromatic rings. The van der Waals surface area contributed by atoms with Gasteiger partial charge in [-0.25, -0.2) is 35.9 Å². The molecule has 36 heavy (non-hydrogen) atoms. The Morgan fingerprint density at radius 3 is 2.47 bits per heavy atom. The van der Waals surface area contributed by atoms with E-state index in [-0.39, 0.29) is 40.4 Å². The first-order valence-corrected chi connectivity index (χ1v) is 13.4. The minimum atomic E-state index is -3.47. The zero-order valence-electron chi connectivity index (χ0n) is 19.7. The lowest BCUT2D eigenvalue weighted by Crippen LogP contribution is -2.57. The summed E-state index contributed by atoms with van der Waals surface area (Å²) in [5.74, 6) is -4.91. The van der Waals surface area contributed by atoms with Crippen molar-refractivity contribution in [2.45, 2.75) is 38.6 Å². The zero-order valence-corrected chi connectivity index (χ0v) is 21.3. The lowest BCUT2D eigenvalue weighted by molar-refractivity contribution is -0.864. The Labute approximate surface area is 209 Å². The third-order valence-electron chi connectivity index (χ3n) is 6.10. The number of hydrogen-bond acceptors (Lipinski definition) is 7. The van der Waals surface area contributed by atoms with Crippen LogP contribution in [-0.2, 0) is 33.3 Å². The van der Waals surface area contributed by atoms with Crippen molar-refractivity contribution in [1.29, 1.82) is 0 Å².